The molecule has 1 saturated heterocycles. The van der Waals surface area contributed by atoms with Crippen LogP contribution in [0.25, 0.3) is 0 Å². The topological polar surface area (TPSA) is 58.6 Å². The van der Waals surface area contributed by atoms with Crippen LogP contribution in [0.1, 0.15) is 40.4 Å². The molecule has 6 nitrogen and oxygen atoms in total. The average Bonchev–Trinajstić information content (AvgIpc) is 2.85. The third kappa shape index (κ3) is 4.06. The van der Waals surface area contributed by atoms with E-state index in [0.29, 0.717) is 6.54 Å². The van der Waals surface area contributed by atoms with Crippen molar-refractivity contribution in [3.63, 3.8) is 0 Å². The van der Waals surface area contributed by atoms with Crippen molar-refractivity contribution < 1.29 is 9.53 Å². The second-order valence-corrected chi connectivity index (χ2v) is 7.05. The van der Waals surface area contributed by atoms with Crippen LogP contribution in [-0.4, -0.2) is 51.6 Å². The van der Waals surface area contributed by atoms with E-state index in [9.17, 15) is 4.79 Å². The van der Waals surface area contributed by atoms with Gasteiger partial charge in [0.15, 0.2) is 0 Å². The summed E-state index contributed by atoms with van der Waals surface area (Å²) in [4.78, 5) is 20.7. The Morgan fingerprint density at radius 1 is 1.43 bits per heavy atom. The molecule has 0 aromatic carbocycles. The Labute approximate surface area is 130 Å². The van der Waals surface area contributed by atoms with E-state index < -0.39 is 5.60 Å². The van der Waals surface area contributed by atoms with Gasteiger partial charge in [0.2, 0.25) is 5.13 Å². The summed E-state index contributed by atoms with van der Waals surface area (Å²) in [6, 6.07) is 0.0996. The maximum Gasteiger partial charge on any atom is 0.410 e. The minimum Gasteiger partial charge on any atom is -0.444 e. The van der Waals surface area contributed by atoms with Crippen LogP contribution in [0.5, 0.6) is 0 Å². The number of carbonyl (C=O) groups excluding carboxylic acids is 1. The van der Waals surface area contributed by atoms with Crippen LogP contribution in [0.2, 0.25) is 0 Å². The predicted molar refractivity (Wildman–Crippen MR) is 83.9 cm³/mol. The molecule has 1 atom stereocenters. The van der Waals surface area contributed by atoms with Gasteiger partial charge in [-0.1, -0.05) is 6.92 Å². The molecule has 0 spiro atoms. The maximum absolute atomic E-state index is 12.2. The van der Waals surface area contributed by atoms with E-state index in [1.165, 1.54) is 11.5 Å². The highest BCUT2D eigenvalue weighted by Gasteiger charge is 2.31. The third-order valence-electron chi connectivity index (χ3n) is 3.30. The normalized spacial score (nSPS) is 19.8. The lowest BCUT2D eigenvalue weighted by Gasteiger charge is -2.39. The summed E-state index contributed by atoms with van der Waals surface area (Å²) >= 11 is 1.43. The highest BCUT2D eigenvalue weighted by atomic mass is 32.1. The number of anilines is 1. The number of hydrogen-bond acceptors (Lipinski definition) is 6. The SMILES string of the molecule is CCc1nsc(N2CCN(C(=O)OC(C)(C)C)[C@H](C)C2)n1. The fourth-order valence-corrected chi connectivity index (χ4v) is 3.02. The molecule has 2 rings (SSSR count). The predicted octanol–water partition coefficient (Wildman–Crippen LogP) is 2.55. The number of aromatic nitrogens is 2. The molecule has 118 valence electrons. The quantitative estimate of drug-likeness (QED) is 0.840. The van der Waals surface area contributed by atoms with Crippen molar-refractivity contribution in [2.75, 3.05) is 24.5 Å². The molecule has 0 bridgehead atoms. The Morgan fingerprint density at radius 2 is 2.14 bits per heavy atom. The molecule has 1 aliphatic heterocycles. The molecule has 0 N–H and O–H groups in total. The number of carbonyl (C=O) groups is 1. The number of aryl methyl sites for hydroxylation is 1. The summed E-state index contributed by atoms with van der Waals surface area (Å²) in [5, 5.41) is 0.947. The Morgan fingerprint density at radius 3 is 2.67 bits per heavy atom. The van der Waals surface area contributed by atoms with Crippen molar-refractivity contribution in [1.29, 1.82) is 0 Å². The zero-order valence-corrected chi connectivity index (χ0v) is 14.2. The molecule has 1 aromatic heterocycles. The number of hydrogen-bond donors (Lipinski definition) is 0. The van der Waals surface area contributed by atoms with E-state index in [1.54, 1.807) is 4.90 Å². The first-order chi connectivity index (χ1) is 9.80. The van der Waals surface area contributed by atoms with Gasteiger partial charge >= 0.3 is 6.09 Å². The lowest BCUT2D eigenvalue weighted by molar-refractivity contribution is 0.0159. The van der Waals surface area contributed by atoms with Crippen LogP contribution < -0.4 is 4.90 Å². The van der Waals surface area contributed by atoms with Gasteiger partial charge in [-0.3, -0.25) is 0 Å². The molecule has 0 aliphatic carbocycles. The van der Waals surface area contributed by atoms with E-state index in [0.717, 1.165) is 30.5 Å². The van der Waals surface area contributed by atoms with Crippen LogP contribution in [0.4, 0.5) is 9.93 Å². The fraction of sp³-hybridized carbons (Fsp3) is 0.786. The fourth-order valence-electron chi connectivity index (χ4n) is 2.24. The number of ether oxygens (including phenoxy) is 1. The zero-order valence-electron chi connectivity index (χ0n) is 13.4. The minimum absolute atomic E-state index is 0.0996. The first-order valence-electron chi connectivity index (χ1n) is 7.37. The van der Waals surface area contributed by atoms with Gasteiger partial charge in [0.05, 0.1) is 0 Å². The second kappa shape index (κ2) is 6.17. The van der Waals surface area contributed by atoms with Crippen molar-refractivity contribution in [2.24, 2.45) is 0 Å². The molecule has 7 heteroatoms. The van der Waals surface area contributed by atoms with Crippen molar-refractivity contribution >= 4 is 22.8 Å². The smallest absolute Gasteiger partial charge is 0.410 e. The molecular formula is C14H24N4O2S. The largest absolute Gasteiger partial charge is 0.444 e. The lowest BCUT2D eigenvalue weighted by Crippen LogP contribution is -2.55. The minimum atomic E-state index is -0.455. The average molecular weight is 312 g/mol. The van der Waals surface area contributed by atoms with Gasteiger partial charge in [0.1, 0.15) is 11.4 Å². The van der Waals surface area contributed by atoms with Crippen molar-refractivity contribution in [3.05, 3.63) is 5.82 Å². The Balaban J connectivity index is 1.97. The van der Waals surface area contributed by atoms with E-state index in [-0.39, 0.29) is 12.1 Å². The van der Waals surface area contributed by atoms with Gasteiger partial charge in [0.25, 0.3) is 0 Å². The van der Waals surface area contributed by atoms with Gasteiger partial charge in [-0.15, -0.1) is 0 Å². The van der Waals surface area contributed by atoms with E-state index in [2.05, 4.69) is 21.2 Å². The van der Waals surface area contributed by atoms with Gasteiger partial charge in [-0.05, 0) is 27.7 Å². The summed E-state index contributed by atoms with van der Waals surface area (Å²) in [7, 11) is 0. The molecule has 1 aliphatic rings. The summed E-state index contributed by atoms with van der Waals surface area (Å²) in [6.07, 6.45) is 0.616. The molecule has 0 unspecified atom stereocenters. The van der Waals surface area contributed by atoms with Gasteiger partial charge < -0.3 is 14.5 Å². The summed E-state index contributed by atoms with van der Waals surface area (Å²) < 4.78 is 9.77. The first kappa shape index (κ1) is 16.0. The third-order valence-corrected chi connectivity index (χ3v) is 4.11. The molecule has 0 saturated carbocycles. The number of amides is 1. The first-order valence-corrected chi connectivity index (χ1v) is 8.14. The van der Waals surface area contributed by atoms with E-state index >= 15 is 0 Å². The van der Waals surface area contributed by atoms with Crippen molar-refractivity contribution in [2.45, 2.75) is 52.7 Å². The van der Waals surface area contributed by atoms with Crippen LogP contribution >= 0.6 is 11.5 Å². The Kier molecular flexibility index (Phi) is 4.70. The molecule has 21 heavy (non-hydrogen) atoms. The standard InChI is InChI=1S/C14H24N4O2S/c1-6-11-15-12(21-16-11)17-7-8-18(10(2)9-17)13(19)20-14(3,4)5/h10H,6-9H2,1-5H3/t10-/m1/s1. The number of piperazine rings is 1. The Bertz CT molecular complexity index is 497. The van der Waals surface area contributed by atoms with Gasteiger partial charge in [-0.25, -0.2) is 9.78 Å². The maximum atomic E-state index is 12.2. The highest BCUT2D eigenvalue weighted by molar-refractivity contribution is 7.09. The molecular weight excluding hydrogens is 288 g/mol. The molecule has 1 aromatic rings. The highest BCUT2D eigenvalue weighted by Crippen LogP contribution is 2.22. The van der Waals surface area contributed by atoms with Crippen molar-refractivity contribution in [1.82, 2.24) is 14.3 Å². The van der Waals surface area contributed by atoms with Gasteiger partial charge in [0, 0.05) is 43.6 Å². The van der Waals surface area contributed by atoms with Crippen LogP contribution in [-0.2, 0) is 11.2 Å². The monoisotopic (exact) mass is 312 g/mol. The van der Waals surface area contributed by atoms with Gasteiger partial charge in [-0.2, -0.15) is 4.37 Å². The second-order valence-electron chi connectivity index (χ2n) is 6.32. The molecule has 1 fully saturated rings. The number of nitrogens with zero attached hydrogens (tertiary/aromatic N) is 4. The summed E-state index contributed by atoms with van der Waals surface area (Å²) in [5.74, 6) is 0.886. The van der Waals surface area contributed by atoms with E-state index in [4.69, 9.17) is 4.74 Å². The van der Waals surface area contributed by atoms with Crippen molar-refractivity contribution in [3.8, 4) is 0 Å². The van der Waals surface area contributed by atoms with E-state index in [1.807, 2.05) is 27.7 Å². The molecule has 1 amide bonds. The summed E-state index contributed by atoms with van der Waals surface area (Å²) in [6.45, 7) is 11.9. The molecule has 0 radical (unpaired) electrons. The Hall–Kier alpha value is -1.37. The lowest BCUT2D eigenvalue weighted by atomic mass is 10.2. The molecule has 2 heterocycles. The number of rotatable bonds is 2. The van der Waals surface area contributed by atoms with Crippen LogP contribution in [0.3, 0.4) is 0 Å². The summed E-state index contributed by atoms with van der Waals surface area (Å²) in [5.41, 5.74) is -0.455. The van der Waals surface area contributed by atoms with Crippen LogP contribution in [0.15, 0.2) is 0 Å². The van der Waals surface area contributed by atoms with Crippen LogP contribution in [0, 0.1) is 0 Å². The zero-order chi connectivity index (χ0) is 15.6.